The highest BCUT2D eigenvalue weighted by atomic mass is 16.5. The molecule has 1 saturated heterocycles. The first-order valence-corrected chi connectivity index (χ1v) is 10.3. The molecule has 3 heterocycles. The number of ether oxygens (including phenoxy) is 2. The Kier molecular flexibility index (Phi) is 3.74. The number of anilines is 1. The van der Waals surface area contributed by atoms with Crippen molar-refractivity contribution in [3.05, 3.63) is 41.9 Å². The first-order chi connectivity index (χ1) is 14.2. The second-order valence-corrected chi connectivity index (χ2v) is 8.69. The molecule has 0 amide bonds. The van der Waals surface area contributed by atoms with Crippen LogP contribution in [0.5, 0.6) is 0 Å². The minimum atomic E-state index is 0.265. The van der Waals surface area contributed by atoms with Gasteiger partial charge in [0.25, 0.3) is 0 Å². The van der Waals surface area contributed by atoms with Gasteiger partial charge in [0.1, 0.15) is 12.4 Å². The standard InChI is InChI=1S/C22H25N5O2/c1-28-13-19-24-20(26-11-16(12-26)29-2)8-21(25-19)27-18-7-14(3-4-15(18)10-23-27)17-9-22(17)5-6-22/h3-4,7-8,10,16-17H,5-6,9,11-13H2,1-2H3. The molecule has 150 valence electrons. The van der Waals surface area contributed by atoms with Crippen LogP contribution >= 0.6 is 0 Å². The highest BCUT2D eigenvalue weighted by molar-refractivity contribution is 5.81. The maximum atomic E-state index is 5.41. The molecule has 0 bridgehead atoms. The second kappa shape index (κ2) is 6.24. The van der Waals surface area contributed by atoms with Crippen LogP contribution in [0.2, 0.25) is 0 Å². The average Bonchev–Trinajstić information content (AvgIpc) is 3.58. The molecule has 1 spiro atoms. The number of methoxy groups -OCH3 is 2. The van der Waals surface area contributed by atoms with Crippen LogP contribution in [0, 0.1) is 5.41 Å². The van der Waals surface area contributed by atoms with Crippen molar-refractivity contribution in [1.82, 2.24) is 19.7 Å². The predicted octanol–water partition coefficient (Wildman–Crippen LogP) is 3.06. The SMILES string of the molecule is COCc1nc(N2CC(OC)C2)cc(-n2ncc3ccc(C4CC45CC5)cc32)n1. The fourth-order valence-corrected chi connectivity index (χ4v) is 4.67. The summed E-state index contributed by atoms with van der Waals surface area (Å²) in [7, 11) is 3.42. The normalized spacial score (nSPS) is 22.3. The van der Waals surface area contributed by atoms with E-state index in [1.807, 2.05) is 16.9 Å². The molecule has 7 heteroatoms. The maximum absolute atomic E-state index is 5.41. The van der Waals surface area contributed by atoms with E-state index in [1.54, 1.807) is 14.2 Å². The minimum Gasteiger partial charge on any atom is -0.378 e. The van der Waals surface area contributed by atoms with Crippen LogP contribution in [0.4, 0.5) is 5.82 Å². The monoisotopic (exact) mass is 391 g/mol. The number of aromatic nitrogens is 4. The maximum Gasteiger partial charge on any atom is 0.159 e. The molecule has 6 rings (SSSR count). The summed E-state index contributed by atoms with van der Waals surface area (Å²) in [5, 5.41) is 5.79. The molecule has 2 aliphatic carbocycles. The number of hydrogen-bond donors (Lipinski definition) is 0. The van der Waals surface area contributed by atoms with Gasteiger partial charge in [0.2, 0.25) is 0 Å². The van der Waals surface area contributed by atoms with Gasteiger partial charge in [-0.3, -0.25) is 0 Å². The van der Waals surface area contributed by atoms with E-state index in [4.69, 9.17) is 14.5 Å². The number of rotatable bonds is 6. The van der Waals surface area contributed by atoms with Gasteiger partial charge in [0.05, 0.1) is 17.8 Å². The number of hydrogen-bond acceptors (Lipinski definition) is 6. The summed E-state index contributed by atoms with van der Waals surface area (Å²) in [6.07, 6.45) is 6.31. The molecule has 1 aromatic carbocycles. The molecule has 1 aliphatic heterocycles. The topological polar surface area (TPSA) is 65.3 Å². The molecule has 0 radical (unpaired) electrons. The van der Waals surface area contributed by atoms with Gasteiger partial charge >= 0.3 is 0 Å². The van der Waals surface area contributed by atoms with Crippen LogP contribution < -0.4 is 4.90 Å². The Morgan fingerprint density at radius 1 is 1.10 bits per heavy atom. The molecular weight excluding hydrogens is 366 g/mol. The average molecular weight is 391 g/mol. The van der Waals surface area contributed by atoms with Crippen molar-refractivity contribution in [3.63, 3.8) is 0 Å². The molecule has 2 saturated carbocycles. The Bertz CT molecular complexity index is 1080. The Hall–Kier alpha value is -2.51. The molecule has 1 unspecified atom stereocenters. The van der Waals surface area contributed by atoms with Gasteiger partial charge in [0, 0.05) is 38.8 Å². The van der Waals surface area contributed by atoms with Crippen LogP contribution in [0.15, 0.2) is 30.5 Å². The Labute approximate surface area is 169 Å². The summed E-state index contributed by atoms with van der Waals surface area (Å²) >= 11 is 0. The number of benzene rings is 1. The molecule has 3 aromatic rings. The molecule has 2 aromatic heterocycles. The van der Waals surface area contributed by atoms with Crippen molar-refractivity contribution < 1.29 is 9.47 Å². The number of nitrogens with zero attached hydrogens (tertiary/aromatic N) is 5. The minimum absolute atomic E-state index is 0.265. The molecule has 3 fully saturated rings. The molecule has 3 aliphatic rings. The van der Waals surface area contributed by atoms with Crippen molar-refractivity contribution in [2.45, 2.75) is 37.9 Å². The van der Waals surface area contributed by atoms with Crippen molar-refractivity contribution in [3.8, 4) is 5.82 Å². The molecule has 7 nitrogen and oxygen atoms in total. The number of fused-ring (bicyclic) bond motifs is 1. The smallest absolute Gasteiger partial charge is 0.159 e. The second-order valence-electron chi connectivity index (χ2n) is 8.69. The van der Waals surface area contributed by atoms with Crippen LogP contribution in [0.3, 0.4) is 0 Å². The summed E-state index contributed by atoms with van der Waals surface area (Å²) < 4.78 is 12.7. The molecular formula is C22H25N5O2. The van der Waals surface area contributed by atoms with E-state index in [9.17, 15) is 0 Å². The largest absolute Gasteiger partial charge is 0.378 e. The third-order valence-corrected chi connectivity index (χ3v) is 6.82. The van der Waals surface area contributed by atoms with Crippen LogP contribution in [-0.4, -0.2) is 53.2 Å². The lowest BCUT2D eigenvalue weighted by atomic mass is 10.1. The van der Waals surface area contributed by atoms with Crippen LogP contribution in [0.1, 0.15) is 36.6 Å². The van der Waals surface area contributed by atoms with Crippen LogP contribution in [-0.2, 0) is 16.1 Å². The first-order valence-electron chi connectivity index (χ1n) is 10.3. The third-order valence-electron chi connectivity index (χ3n) is 6.82. The Balaban J connectivity index is 1.39. The van der Waals surface area contributed by atoms with Gasteiger partial charge in [-0.2, -0.15) is 5.10 Å². The third kappa shape index (κ3) is 2.83. The fraction of sp³-hybridized carbons (Fsp3) is 0.500. The van der Waals surface area contributed by atoms with Gasteiger partial charge in [-0.05, 0) is 42.2 Å². The fourth-order valence-electron chi connectivity index (χ4n) is 4.67. The lowest BCUT2D eigenvalue weighted by molar-refractivity contribution is 0.0782. The quantitative estimate of drug-likeness (QED) is 0.643. The van der Waals surface area contributed by atoms with Gasteiger partial charge in [-0.15, -0.1) is 0 Å². The summed E-state index contributed by atoms with van der Waals surface area (Å²) in [6, 6.07) is 8.80. The first kappa shape index (κ1) is 17.4. The highest BCUT2D eigenvalue weighted by Gasteiger charge is 2.62. The zero-order valence-electron chi connectivity index (χ0n) is 16.8. The summed E-state index contributed by atoms with van der Waals surface area (Å²) in [4.78, 5) is 11.6. The lowest BCUT2D eigenvalue weighted by Gasteiger charge is -2.39. The van der Waals surface area contributed by atoms with Crippen molar-refractivity contribution in [2.75, 3.05) is 32.2 Å². The summed E-state index contributed by atoms with van der Waals surface area (Å²) in [5.41, 5.74) is 3.19. The highest BCUT2D eigenvalue weighted by Crippen LogP contribution is 2.75. The summed E-state index contributed by atoms with van der Waals surface area (Å²) in [5.74, 6) is 3.08. The van der Waals surface area contributed by atoms with Gasteiger partial charge in [0.15, 0.2) is 11.6 Å². The zero-order valence-corrected chi connectivity index (χ0v) is 16.8. The molecule has 29 heavy (non-hydrogen) atoms. The Morgan fingerprint density at radius 3 is 2.66 bits per heavy atom. The summed E-state index contributed by atoms with van der Waals surface area (Å²) in [6.45, 7) is 2.05. The lowest BCUT2D eigenvalue weighted by Crippen LogP contribution is -2.52. The van der Waals surface area contributed by atoms with E-state index in [1.165, 1.54) is 24.8 Å². The van der Waals surface area contributed by atoms with Crippen molar-refractivity contribution in [1.29, 1.82) is 0 Å². The van der Waals surface area contributed by atoms with E-state index < -0.39 is 0 Å². The van der Waals surface area contributed by atoms with Crippen molar-refractivity contribution in [2.24, 2.45) is 5.41 Å². The zero-order chi connectivity index (χ0) is 19.6. The van der Waals surface area contributed by atoms with Gasteiger partial charge in [-0.1, -0.05) is 12.1 Å². The van der Waals surface area contributed by atoms with Gasteiger partial charge in [-0.25, -0.2) is 14.6 Å². The van der Waals surface area contributed by atoms with E-state index in [0.717, 1.165) is 41.5 Å². The molecule has 0 N–H and O–H groups in total. The molecule has 1 atom stereocenters. The van der Waals surface area contributed by atoms with Crippen molar-refractivity contribution >= 4 is 16.7 Å². The van der Waals surface area contributed by atoms with Gasteiger partial charge < -0.3 is 14.4 Å². The van der Waals surface area contributed by atoms with E-state index in [-0.39, 0.29) is 6.10 Å². The predicted molar refractivity (Wildman–Crippen MR) is 109 cm³/mol. The van der Waals surface area contributed by atoms with E-state index in [0.29, 0.717) is 17.8 Å². The van der Waals surface area contributed by atoms with E-state index in [2.05, 4.69) is 33.2 Å². The van der Waals surface area contributed by atoms with Crippen LogP contribution in [0.25, 0.3) is 16.7 Å². The van der Waals surface area contributed by atoms with E-state index >= 15 is 0 Å². The Morgan fingerprint density at radius 2 is 1.93 bits per heavy atom.